The van der Waals surface area contributed by atoms with Gasteiger partial charge < -0.3 is 10.4 Å². The van der Waals surface area contributed by atoms with Gasteiger partial charge in [-0.2, -0.15) is 14.7 Å². The van der Waals surface area contributed by atoms with E-state index < -0.39 is 17.3 Å². The van der Waals surface area contributed by atoms with Crippen LogP contribution in [0.3, 0.4) is 0 Å². The van der Waals surface area contributed by atoms with Crippen molar-refractivity contribution in [1.82, 2.24) is 29.7 Å². The minimum Gasteiger partial charge on any atom is -0.492 e. The Bertz CT molecular complexity index is 1070. The molecule has 9 heteroatoms. The summed E-state index contributed by atoms with van der Waals surface area (Å²) >= 11 is 0. The third-order valence-electron chi connectivity index (χ3n) is 4.40. The molecule has 0 atom stereocenters. The van der Waals surface area contributed by atoms with Gasteiger partial charge in [-0.1, -0.05) is 20.8 Å². The Morgan fingerprint density at radius 3 is 2.74 bits per heavy atom. The Balaban J connectivity index is 1.95. The largest absolute Gasteiger partial charge is 0.492 e. The highest BCUT2D eigenvalue weighted by Gasteiger charge is 2.30. The first-order valence-electron chi connectivity index (χ1n) is 8.91. The number of hydrogen-bond acceptors (Lipinski definition) is 5. The second-order valence-corrected chi connectivity index (χ2v) is 8.17. The van der Waals surface area contributed by atoms with Crippen molar-refractivity contribution in [1.29, 1.82) is 0 Å². The van der Waals surface area contributed by atoms with E-state index in [1.807, 2.05) is 20.8 Å². The first-order valence-corrected chi connectivity index (χ1v) is 8.91. The fourth-order valence-electron chi connectivity index (χ4n) is 3.00. The Morgan fingerprint density at radius 1 is 1.41 bits per heavy atom. The number of rotatable bonds is 4. The van der Waals surface area contributed by atoms with Crippen molar-refractivity contribution in [3.8, 4) is 17.3 Å². The van der Waals surface area contributed by atoms with Gasteiger partial charge in [0.1, 0.15) is 11.3 Å². The van der Waals surface area contributed by atoms with Gasteiger partial charge in [0.2, 0.25) is 5.88 Å². The van der Waals surface area contributed by atoms with Gasteiger partial charge in [0.05, 0.1) is 5.69 Å². The van der Waals surface area contributed by atoms with Gasteiger partial charge in [0, 0.05) is 24.8 Å². The molecule has 0 aromatic carbocycles. The predicted molar refractivity (Wildman–Crippen MR) is 98.6 cm³/mol. The molecular weight excluding hydrogens is 348 g/mol. The van der Waals surface area contributed by atoms with Crippen molar-refractivity contribution in [2.24, 2.45) is 5.41 Å². The zero-order valence-corrected chi connectivity index (χ0v) is 15.5. The first kappa shape index (κ1) is 17.3. The second kappa shape index (κ2) is 5.97. The average molecular weight is 370 g/mol. The van der Waals surface area contributed by atoms with Crippen LogP contribution in [0.15, 0.2) is 23.1 Å². The van der Waals surface area contributed by atoms with Crippen LogP contribution >= 0.6 is 0 Å². The van der Waals surface area contributed by atoms with E-state index in [0.29, 0.717) is 23.6 Å². The van der Waals surface area contributed by atoms with Crippen molar-refractivity contribution >= 4 is 11.6 Å². The SMILES string of the molecule is CC(C)(C)Cn1c(=O)c(C(=O)NC2CC2)c(O)n2nc(-c3ccn[nH]3)cc12. The molecule has 0 aliphatic heterocycles. The predicted octanol–water partition coefficient (Wildman–Crippen LogP) is 1.53. The maximum atomic E-state index is 13.1. The standard InChI is InChI=1S/C18H22N6O3/c1-18(2,3)9-23-13-8-12(11-6-7-19-21-11)22-24(13)17(27)14(16(23)26)15(25)20-10-4-5-10/h6-8,10,27H,4-5,9H2,1-3H3,(H,19,21)(H,20,25). The summed E-state index contributed by atoms with van der Waals surface area (Å²) in [6, 6.07) is 3.51. The van der Waals surface area contributed by atoms with E-state index in [9.17, 15) is 14.7 Å². The summed E-state index contributed by atoms with van der Waals surface area (Å²) in [5.74, 6) is -1.02. The van der Waals surface area contributed by atoms with Crippen LogP contribution in [-0.4, -0.2) is 41.4 Å². The van der Waals surface area contributed by atoms with E-state index >= 15 is 0 Å². The van der Waals surface area contributed by atoms with Crippen molar-refractivity contribution in [2.45, 2.75) is 46.2 Å². The summed E-state index contributed by atoms with van der Waals surface area (Å²) < 4.78 is 2.74. The normalized spacial score (nSPS) is 14.6. The fourth-order valence-corrected chi connectivity index (χ4v) is 3.00. The van der Waals surface area contributed by atoms with Crippen molar-refractivity contribution < 1.29 is 9.90 Å². The highest BCUT2D eigenvalue weighted by atomic mass is 16.3. The molecule has 27 heavy (non-hydrogen) atoms. The summed E-state index contributed by atoms with van der Waals surface area (Å²) in [5.41, 5.74) is 0.563. The van der Waals surface area contributed by atoms with E-state index in [4.69, 9.17) is 0 Å². The Labute approximate surface area is 155 Å². The van der Waals surface area contributed by atoms with Crippen LogP contribution in [-0.2, 0) is 6.54 Å². The maximum Gasteiger partial charge on any atom is 0.270 e. The monoisotopic (exact) mass is 370 g/mol. The zero-order chi connectivity index (χ0) is 19.3. The van der Waals surface area contributed by atoms with E-state index in [1.165, 1.54) is 9.08 Å². The van der Waals surface area contributed by atoms with Crippen LogP contribution in [0.5, 0.6) is 5.88 Å². The second-order valence-electron chi connectivity index (χ2n) is 8.17. The van der Waals surface area contributed by atoms with Gasteiger partial charge >= 0.3 is 0 Å². The maximum absolute atomic E-state index is 13.1. The van der Waals surface area contributed by atoms with Crippen molar-refractivity contribution in [3.05, 3.63) is 34.2 Å². The van der Waals surface area contributed by atoms with Crippen LogP contribution in [0.25, 0.3) is 17.0 Å². The fraction of sp³-hybridized carbons (Fsp3) is 0.444. The number of fused-ring (bicyclic) bond motifs is 1. The topological polar surface area (TPSA) is 117 Å². The van der Waals surface area contributed by atoms with Crippen LogP contribution in [0.4, 0.5) is 0 Å². The molecule has 1 aliphatic carbocycles. The number of hydrogen-bond donors (Lipinski definition) is 3. The lowest BCUT2D eigenvalue weighted by Crippen LogP contribution is -2.37. The molecule has 3 aromatic heterocycles. The molecule has 3 heterocycles. The molecule has 9 nitrogen and oxygen atoms in total. The van der Waals surface area contributed by atoms with Crippen LogP contribution in [0.2, 0.25) is 0 Å². The number of amides is 1. The summed E-state index contributed by atoms with van der Waals surface area (Å²) in [7, 11) is 0. The summed E-state index contributed by atoms with van der Waals surface area (Å²) in [5, 5.41) is 24.5. The highest BCUT2D eigenvalue weighted by Crippen LogP contribution is 2.26. The molecular formula is C18H22N6O3. The molecule has 0 unspecified atom stereocenters. The molecule has 1 fully saturated rings. The van der Waals surface area contributed by atoms with E-state index in [2.05, 4.69) is 20.6 Å². The number of aromatic nitrogens is 5. The molecule has 3 N–H and O–H groups in total. The third kappa shape index (κ3) is 3.20. The summed E-state index contributed by atoms with van der Waals surface area (Å²) in [6.45, 7) is 6.37. The molecule has 4 rings (SSSR count). The Hall–Kier alpha value is -3.10. The van der Waals surface area contributed by atoms with Crippen molar-refractivity contribution in [2.75, 3.05) is 0 Å². The van der Waals surface area contributed by atoms with Crippen LogP contribution in [0.1, 0.15) is 44.0 Å². The lowest BCUT2D eigenvalue weighted by Gasteiger charge is -2.21. The van der Waals surface area contributed by atoms with Crippen LogP contribution < -0.4 is 10.9 Å². The zero-order valence-electron chi connectivity index (χ0n) is 15.5. The molecule has 0 bridgehead atoms. The first-order chi connectivity index (χ1) is 12.7. The smallest absolute Gasteiger partial charge is 0.270 e. The minimum absolute atomic E-state index is 0.0706. The molecule has 0 spiro atoms. The number of aromatic hydroxyl groups is 1. The van der Waals surface area contributed by atoms with E-state index in [0.717, 1.165) is 12.8 Å². The van der Waals surface area contributed by atoms with Gasteiger partial charge in [0.25, 0.3) is 11.5 Å². The molecule has 0 saturated heterocycles. The molecule has 3 aromatic rings. The molecule has 1 aliphatic rings. The number of nitrogens with zero attached hydrogens (tertiary/aromatic N) is 4. The highest BCUT2D eigenvalue weighted by molar-refractivity contribution is 5.96. The van der Waals surface area contributed by atoms with Gasteiger partial charge in [-0.15, -0.1) is 0 Å². The number of aromatic amines is 1. The van der Waals surface area contributed by atoms with Gasteiger partial charge in [0.15, 0.2) is 5.56 Å². The quantitative estimate of drug-likeness (QED) is 0.644. The lowest BCUT2D eigenvalue weighted by atomic mass is 9.97. The summed E-state index contributed by atoms with van der Waals surface area (Å²) in [6.07, 6.45) is 3.36. The number of H-pyrrole nitrogens is 1. The third-order valence-corrected chi connectivity index (χ3v) is 4.40. The average Bonchev–Trinajstić information content (AvgIpc) is 3.08. The molecule has 1 saturated carbocycles. The number of carbonyl (C=O) groups is 1. The van der Waals surface area contributed by atoms with Crippen molar-refractivity contribution in [3.63, 3.8) is 0 Å². The Kier molecular flexibility index (Phi) is 3.83. The van der Waals surface area contributed by atoms with Gasteiger partial charge in [-0.25, -0.2) is 0 Å². The molecule has 0 radical (unpaired) electrons. The van der Waals surface area contributed by atoms with Gasteiger partial charge in [-0.3, -0.25) is 19.3 Å². The van der Waals surface area contributed by atoms with E-state index in [1.54, 1.807) is 18.3 Å². The number of nitrogens with one attached hydrogen (secondary N) is 2. The molecule has 142 valence electrons. The van der Waals surface area contributed by atoms with Gasteiger partial charge in [-0.05, 0) is 24.3 Å². The summed E-state index contributed by atoms with van der Waals surface area (Å²) in [4.78, 5) is 25.7. The minimum atomic E-state index is -0.567. The van der Waals surface area contributed by atoms with Crippen LogP contribution in [0, 0.1) is 5.41 Å². The number of carbonyl (C=O) groups excluding carboxylic acids is 1. The Morgan fingerprint density at radius 2 is 2.15 bits per heavy atom. The lowest BCUT2D eigenvalue weighted by molar-refractivity contribution is 0.0944. The molecule has 1 amide bonds. The van der Waals surface area contributed by atoms with E-state index in [-0.39, 0.29) is 17.0 Å².